The number of benzene rings is 1. The Morgan fingerprint density at radius 3 is 2.43 bits per heavy atom. The van der Waals surface area contributed by atoms with Crippen molar-refractivity contribution in [3.8, 4) is 0 Å². The van der Waals surface area contributed by atoms with Gasteiger partial charge in [-0.1, -0.05) is 11.6 Å². The molecule has 0 bridgehead atoms. The number of rotatable bonds is 1. The van der Waals surface area contributed by atoms with E-state index in [1.807, 2.05) is 22.6 Å². The Bertz CT molecular complexity index is 340. The zero-order valence-electron chi connectivity index (χ0n) is 6.78. The van der Waals surface area contributed by atoms with Gasteiger partial charge in [-0.15, -0.1) is 0 Å². The molecule has 0 spiro atoms. The molecule has 1 aromatic carbocycles. The predicted octanol–water partition coefficient (Wildman–Crippen LogP) is 3.51. The van der Waals surface area contributed by atoms with Crippen LogP contribution in [0.2, 0.25) is 5.02 Å². The topological polar surface area (TPSA) is 26.0 Å². The van der Waals surface area contributed by atoms with Crippen molar-refractivity contribution in [1.29, 1.82) is 0 Å². The van der Waals surface area contributed by atoms with Crippen LogP contribution in [0.25, 0.3) is 0 Å². The van der Waals surface area contributed by atoms with Gasteiger partial charge in [0, 0.05) is 8.59 Å². The molecule has 6 heteroatoms. The molecule has 0 saturated heterocycles. The van der Waals surface area contributed by atoms with E-state index in [1.165, 1.54) is 12.1 Å². The molecule has 78 valence electrons. The largest absolute Gasteiger partial charge is 0.407 e. The van der Waals surface area contributed by atoms with Gasteiger partial charge in [0.2, 0.25) is 0 Å². The van der Waals surface area contributed by atoms with Crippen molar-refractivity contribution in [3.05, 3.63) is 32.4 Å². The maximum atomic E-state index is 12.3. The van der Waals surface area contributed by atoms with Crippen molar-refractivity contribution in [3.63, 3.8) is 0 Å². The fraction of sp³-hybridized carbons (Fsp3) is 0.250. The molecule has 0 aliphatic rings. The standard InChI is InChI=1S/C8H6ClF3IN/c9-6-2-1-4(13)3-5(6)7(14)8(10,11)12/h1-3,7H,14H2/t7-/m0/s1. The molecule has 0 aliphatic carbocycles. The molecule has 0 heterocycles. The smallest absolute Gasteiger partial charge is 0.316 e. The first-order valence-corrected chi connectivity index (χ1v) is 5.05. The van der Waals surface area contributed by atoms with Crippen molar-refractivity contribution in [2.75, 3.05) is 0 Å². The van der Waals surface area contributed by atoms with Crippen molar-refractivity contribution >= 4 is 34.2 Å². The van der Waals surface area contributed by atoms with Gasteiger partial charge in [-0.25, -0.2) is 0 Å². The van der Waals surface area contributed by atoms with E-state index in [2.05, 4.69) is 0 Å². The second kappa shape index (κ2) is 4.24. The molecule has 0 fully saturated rings. The molecular formula is C8H6ClF3IN. The molecule has 0 aliphatic heterocycles. The molecule has 1 rings (SSSR count). The van der Waals surface area contributed by atoms with Gasteiger partial charge in [0.25, 0.3) is 0 Å². The molecule has 1 aromatic rings. The lowest BCUT2D eigenvalue weighted by Crippen LogP contribution is -2.28. The van der Waals surface area contributed by atoms with Crippen molar-refractivity contribution in [1.82, 2.24) is 0 Å². The summed E-state index contributed by atoms with van der Waals surface area (Å²) < 4.78 is 37.4. The molecule has 0 saturated carbocycles. The lowest BCUT2D eigenvalue weighted by Gasteiger charge is -2.17. The van der Waals surface area contributed by atoms with Gasteiger partial charge >= 0.3 is 6.18 Å². The number of halogens is 5. The summed E-state index contributed by atoms with van der Waals surface area (Å²) in [6.07, 6.45) is -4.46. The first-order valence-electron chi connectivity index (χ1n) is 3.59. The van der Waals surface area contributed by atoms with Crippen LogP contribution in [-0.4, -0.2) is 6.18 Å². The number of nitrogens with two attached hydrogens (primary N) is 1. The van der Waals surface area contributed by atoms with Gasteiger partial charge in [0.1, 0.15) is 6.04 Å². The Hall–Kier alpha value is -0.0100. The van der Waals surface area contributed by atoms with Crippen molar-refractivity contribution in [2.45, 2.75) is 12.2 Å². The highest BCUT2D eigenvalue weighted by molar-refractivity contribution is 14.1. The van der Waals surface area contributed by atoms with Crippen LogP contribution in [0.1, 0.15) is 11.6 Å². The molecule has 0 radical (unpaired) electrons. The Labute approximate surface area is 97.6 Å². The summed E-state index contributed by atoms with van der Waals surface area (Å²) in [6.45, 7) is 0. The van der Waals surface area contributed by atoms with Gasteiger partial charge in [0.05, 0.1) is 0 Å². The minimum absolute atomic E-state index is 0.0373. The minimum Gasteiger partial charge on any atom is -0.316 e. The maximum Gasteiger partial charge on any atom is 0.407 e. The van der Waals surface area contributed by atoms with Gasteiger partial charge in [-0.3, -0.25) is 0 Å². The van der Waals surface area contributed by atoms with Gasteiger partial charge < -0.3 is 5.73 Å². The number of hydrogen-bond donors (Lipinski definition) is 1. The van der Waals surface area contributed by atoms with E-state index in [0.29, 0.717) is 3.57 Å². The van der Waals surface area contributed by atoms with E-state index in [1.54, 1.807) is 6.07 Å². The summed E-state index contributed by atoms with van der Waals surface area (Å²) in [5.41, 5.74) is 4.94. The molecule has 1 atom stereocenters. The summed E-state index contributed by atoms with van der Waals surface area (Å²) in [6, 6.07) is 2.34. The van der Waals surface area contributed by atoms with Crippen LogP contribution in [0.15, 0.2) is 18.2 Å². The molecule has 14 heavy (non-hydrogen) atoms. The van der Waals surface area contributed by atoms with E-state index in [9.17, 15) is 13.2 Å². The number of alkyl halides is 3. The average molecular weight is 335 g/mol. The molecule has 0 unspecified atom stereocenters. The highest BCUT2D eigenvalue weighted by atomic mass is 127. The molecule has 1 nitrogen and oxygen atoms in total. The predicted molar refractivity (Wildman–Crippen MR) is 57.2 cm³/mol. The SMILES string of the molecule is N[C@@H](c1cc(I)ccc1Cl)C(F)(F)F. The third kappa shape index (κ3) is 2.74. The minimum atomic E-state index is -4.46. The van der Waals surface area contributed by atoms with Gasteiger partial charge in [-0.2, -0.15) is 13.2 Å². The monoisotopic (exact) mass is 335 g/mol. The second-order valence-electron chi connectivity index (χ2n) is 2.69. The van der Waals surface area contributed by atoms with E-state index in [0.717, 1.165) is 0 Å². The van der Waals surface area contributed by atoms with Crippen LogP contribution < -0.4 is 5.73 Å². The summed E-state index contributed by atoms with van der Waals surface area (Å²) in [5, 5.41) is 0.0373. The van der Waals surface area contributed by atoms with Crippen LogP contribution >= 0.6 is 34.2 Å². The first-order chi connectivity index (χ1) is 6.32. The third-order valence-electron chi connectivity index (χ3n) is 1.65. The maximum absolute atomic E-state index is 12.3. The fourth-order valence-corrected chi connectivity index (χ4v) is 1.68. The lowest BCUT2D eigenvalue weighted by atomic mass is 10.1. The molecule has 2 N–H and O–H groups in total. The summed E-state index contributed by atoms with van der Waals surface area (Å²) in [7, 11) is 0. The Kier molecular flexibility index (Phi) is 3.65. The van der Waals surface area contributed by atoms with Crippen molar-refractivity contribution in [2.24, 2.45) is 5.73 Å². The fourth-order valence-electron chi connectivity index (χ4n) is 0.929. The first kappa shape index (κ1) is 12.1. The van der Waals surface area contributed by atoms with Crippen LogP contribution in [0.4, 0.5) is 13.2 Å². The highest BCUT2D eigenvalue weighted by Crippen LogP contribution is 2.34. The lowest BCUT2D eigenvalue weighted by molar-refractivity contribution is -0.149. The zero-order chi connectivity index (χ0) is 10.9. The average Bonchev–Trinajstić information content (AvgIpc) is 2.06. The van der Waals surface area contributed by atoms with Crippen LogP contribution in [0.5, 0.6) is 0 Å². The quantitative estimate of drug-likeness (QED) is 0.781. The summed E-state index contributed by atoms with van der Waals surface area (Å²) in [4.78, 5) is 0. The molecule has 0 aromatic heterocycles. The van der Waals surface area contributed by atoms with Gasteiger partial charge in [0.15, 0.2) is 0 Å². The second-order valence-corrected chi connectivity index (χ2v) is 4.34. The number of hydrogen-bond acceptors (Lipinski definition) is 1. The zero-order valence-corrected chi connectivity index (χ0v) is 9.69. The van der Waals surface area contributed by atoms with E-state index >= 15 is 0 Å². The third-order valence-corrected chi connectivity index (χ3v) is 2.66. The van der Waals surface area contributed by atoms with E-state index in [-0.39, 0.29) is 10.6 Å². The van der Waals surface area contributed by atoms with Gasteiger partial charge in [-0.05, 0) is 46.4 Å². The van der Waals surface area contributed by atoms with Crippen molar-refractivity contribution < 1.29 is 13.2 Å². The van der Waals surface area contributed by atoms with Crippen LogP contribution in [0.3, 0.4) is 0 Å². The van der Waals surface area contributed by atoms with E-state index in [4.69, 9.17) is 17.3 Å². The Morgan fingerprint density at radius 1 is 1.36 bits per heavy atom. The van der Waals surface area contributed by atoms with E-state index < -0.39 is 12.2 Å². The Morgan fingerprint density at radius 2 is 1.93 bits per heavy atom. The molecule has 0 amide bonds. The normalized spacial score (nSPS) is 14.1. The van der Waals surface area contributed by atoms with Crippen LogP contribution in [-0.2, 0) is 0 Å². The summed E-state index contributed by atoms with van der Waals surface area (Å²) >= 11 is 7.52. The Balaban J connectivity index is 3.12. The summed E-state index contributed by atoms with van der Waals surface area (Å²) in [5.74, 6) is 0. The molecular weight excluding hydrogens is 329 g/mol. The van der Waals surface area contributed by atoms with Crippen LogP contribution in [0, 0.1) is 3.57 Å². The highest BCUT2D eigenvalue weighted by Gasteiger charge is 2.38.